The van der Waals surface area contributed by atoms with Crippen molar-refractivity contribution in [2.75, 3.05) is 7.05 Å². The maximum Gasteiger partial charge on any atom is 0.169 e. The lowest BCUT2D eigenvalue weighted by molar-refractivity contribution is 0.446. The molecule has 0 spiro atoms. The summed E-state index contributed by atoms with van der Waals surface area (Å²) in [6.45, 7) is 1.71. The molecule has 0 saturated heterocycles. The molecule has 96 valence electrons. The highest BCUT2D eigenvalue weighted by atomic mass is 79.9. The molecular weight excluding hydrogens is 321 g/mol. The summed E-state index contributed by atoms with van der Waals surface area (Å²) in [5.41, 5.74) is 1.35. The van der Waals surface area contributed by atoms with E-state index in [-0.39, 0.29) is 11.9 Å². The standard InChI is InChI=1S/C13H12BrClFNO/c1-7-5-8(9(15)6-10(7)16)13(17-2)11-3-4-12(14)18-11/h3-6,13,17H,1-2H3. The summed E-state index contributed by atoms with van der Waals surface area (Å²) < 4.78 is 19.6. The van der Waals surface area contributed by atoms with Gasteiger partial charge < -0.3 is 9.73 Å². The molecule has 1 unspecified atom stereocenters. The normalized spacial score (nSPS) is 12.7. The van der Waals surface area contributed by atoms with Crippen LogP contribution in [0.25, 0.3) is 0 Å². The van der Waals surface area contributed by atoms with Crippen LogP contribution in [0.15, 0.2) is 33.4 Å². The van der Waals surface area contributed by atoms with Gasteiger partial charge in [0.1, 0.15) is 11.6 Å². The largest absolute Gasteiger partial charge is 0.452 e. The number of furan rings is 1. The first kappa shape index (κ1) is 13.6. The zero-order valence-electron chi connectivity index (χ0n) is 9.93. The maximum absolute atomic E-state index is 13.4. The number of halogens is 3. The van der Waals surface area contributed by atoms with Gasteiger partial charge in [0, 0.05) is 5.02 Å². The van der Waals surface area contributed by atoms with Gasteiger partial charge in [0.05, 0.1) is 6.04 Å². The third kappa shape index (κ3) is 2.60. The summed E-state index contributed by atoms with van der Waals surface area (Å²) in [5, 5.41) is 3.49. The Morgan fingerprint density at radius 1 is 1.39 bits per heavy atom. The van der Waals surface area contributed by atoms with Crippen molar-refractivity contribution >= 4 is 27.5 Å². The average Bonchev–Trinajstić information content (AvgIpc) is 2.73. The zero-order valence-corrected chi connectivity index (χ0v) is 12.3. The zero-order chi connectivity index (χ0) is 13.3. The summed E-state index contributed by atoms with van der Waals surface area (Å²) in [6, 6.07) is 6.51. The van der Waals surface area contributed by atoms with Crippen LogP contribution in [0.2, 0.25) is 5.02 Å². The summed E-state index contributed by atoms with van der Waals surface area (Å²) in [4.78, 5) is 0. The Morgan fingerprint density at radius 3 is 2.67 bits per heavy atom. The fourth-order valence-electron chi connectivity index (χ4n) is 1.84. The Labute approximate surface area is 118 Å². The van der Waals surface area contributed by atoms with Crippen molar-refractivity contribution in [3.05, 3.63) is 56.7 Å². The van der Waals surface area contributed by atoms with E-state index in [1.807, 2.05) is 12.1 Å². The monoisotopic (exact) mass is 331 g/mol. The predicted molar refractivity (Wildman–Crippen MR) is 73.5 cm³/mol. The molecule has 1 heterocycles. The molecule has 1 atom stereocenters. The number of nitrogens with one attached hydrogen (secondary N) is 1. The molecule has 1 N–H and O–H groups in total. The van der Waals surface area contributed by atoms with E-state index in [0.717, 1.165) is 11.3 Å². The molecule has 2 nitrogen and oxygen atoms in total. The number of benzene rings is 1. The Hall–Kier alpha value is -0.840. The van der Waals surface area contributed by atoms with Crippen LogP contribution in [0.4, 0.5) is 4.39 Å². The first-order valence-electron chi connectivity index (χ1n) is 5.41. The fraction of sp³-hybridized carbons (Fsp3) is 0.231. The molecule has 0 aliphatic heterocycles. The van der Waals surface area contributed by atoms with E-state index in [9.17, 15) is 4.39 Å². The molecule has 0 aliphatic rings. The highest BCUT2D eigenvalue weighted by Crippen LogP contribution is 2.32. The number of rotatable bonds is 3. The molecule has 1 aromatic carbocycles. The van der Waals surface area contributed by atoms with Gasteiger partial charge in [0.2, 0.25) is 0 Å². The lowest BCUT2D eigenvalue weighted by Gasteiger charge is -2.16. The van der Waals surface area contributed by atoms with Gasteiger partial charge >= 0.3 is 0 Å². The SMILES string of the molecule is CNC(c1ccc(Br)o1)c1cc(C)c(F)cc1Cl. The first-order valence-corrected chi connectivity index (χ1v) is 6.58. The Morgan fingerprint density at radius 2 is 2.11 bits per heavy atom. The number of hydrogen-bond donors (Lipinski definition) is 1. The van der Waals surface area contributed by atoms with E-state index in [1.165, 1.54) is 6.07 Å². The van der Waals surface area contributed by atoms with Crippen molar-refractivity contribution in [1.29, 1.82) is 0 Å². The van der Waals surface area contributed by atoms with Crippen molar-refractivity contribution in [2.24, 2.45) is 0 Å². The Kier molecular flexibility index (Phi) is 4.10. The topological polar surface area (TPSA) is 25.2 Å². The van der Waals surface area contributed by atoms with E-state index in [1.54, 1.807) is 20.0 Å². The summed E-state index contributed by atoms with van der Waals surface area (Å²) in [6.07, 6.45) is 0. The molecule has 0 fully saturated rings. The van der Waals surface area contributed by atoms with E-state index in [0.29, 0.717) is 15.3 Å². The molecule has 2 rings (SSSR count). The minimum Gasteiger partial charge on any atom is -0.452 e. The van der Waals surface area contributed by atoms with E-state index < -0.39 is 0 Å². The lowest BCUT2D eigenvalue weighted by atomic mass is 10.0. The third-order valence-corrected chi connectivity index (χ3v) is 3.51. The molecule has 2 aromatic rings. The second kappa shape index (κ2) is 5.43. The Balaban J connectivity index is 2.48. The van der Waals surface area contributed by atoms with Gasteiger partial charge in [-0.25, -0.2) is 4.39 Å². The van der Waals surface area contributed by atoms with Crippen LogP contribution in [0, 0.1) is 12.7 Å². The molecular formula is C13H12BrClFNO. The van der Waals surface area contributed by atoms with Gasteiger partial charge in [-0.3, -0.25) is 0 Å². The van der Waals surface area contributed by atoms with Crippen LogP contribution in [-0.4, -0.2) is 7.05 Å². The highest BCUT2D eigenvalue weighted by molar-refractivity contribution is 9.10. The molecule has 0 amide bonds. The van der Waals surface area contributed by atoms with Gasteiger partial charge in [-0.15, -0.1) is 0 Å². The second-order valence-corrected chi connectivity index (χ2v) is 5.18. The Bertz CT molecular complexity index is 570. The summed E-state index contributed by atoms with van der Waals surface area (Å²) in [5.74, 6) is 0.413. The summed E-state index contributed by atoms with van der Waals surface area (Å²) in [7, 11) is 1.80. The van der Waals surface area contributed by atoms with Crippen LogP contribution in [0.1, 0.15) is 22.9 Å². The van der Waals surface area contributed by atoms with E-state index in [4.69, 9.17) is 16.0 Å². The van der Waals surface area contributed by atoms with Crippen molar-refractivity contribution < 1.29 is 8.81 Å². The molecule has 0 saturated carbocycles. The van der Waals surface area contributed by atoms with Crippen molar-refractivity contribution in [2.45, 2.75) is 13.0 Å². The van der Waals surface area contributed by atoms with E-state index >= 15 is 0 Å². The quantitative estimate of drug-likeness (QED) is 0.898. The summed E-state index contributed by atoms with van der Waals surface area (Å²) >= 11 is 9.36. The molecule has 1 aromatic heterocycles. The van der Waals surface area contributed by atoms with Gasteiger partial charge in [0.25, 0.3) is 0 Å². The van der Waals surface area contributed by atoms with Crippen LogP contribution < -0.4 is 5.32 Å². The average molecular weight is 333 g/mol. The van der Waals surface area contributed by atoms with Crippen molar-refractivity contribution in [3.63, 3.8) is 0 Å². The highest BCUT2D eigenvalue weighted by Gasteiger charge is 2.19. The lowest BCUT2D eigenvalue weighted by Crippen LogP contribution is -2.17. The minimum atomic E-state index is -0.306. The van der Waals surface area contributed by atoms with Crippen molar-refractivity contribution in [1.82, 2.24) is 5.32 Å². The van der Waals surface area contributed by atoms with Gasteiger partial charge in [-0.2, -0.15) is 0 Å². The first-order chi connectivity index (χ1) is 8.52. The molecule has 18 heavy (non-hydrogen) atoms. The van der Waals surface area contributed by atoms with Gasteiger partial charge in [-0.05, 0) is 65.3 Å². The molecule has 0 radical (unpaired) electrons. The smallest absolute Gasteiger partial charge is 0.169 e. The second-order valence-electron chi connectivity index (χ2n) is 3.99. The molecule has 0 aliphatic carbocycles. The maximum atomic E-state index is 13.4. The fourth-order valence-corrected chi connectivity index (χ4v) is 2.41. The predicted octanol–water partition coefficient (Wildman–Crippen LogP) is 4.45. The van der Waals surface area contributed by atoms with Gasteiger partial charge in [-0.1, -0.05) is 11.6 Å². The van der Waals surface area contributed by atoms with Gasteiger partial charge in [0.15, 0.2) is 4.67 Å². The minimum absolute atomic E-state index is 0.205. The van der Waals surface area contributed by atoms with Crippen LogP contribution in [0.3, 0.4) is 0 Å². The van der Waals surface area contributed by atoms with Crippen LogP contribution in [-0.2, 0) is 0 Å². The third-order valence-electron chi connectivity index (χ3n) is 2.76. The number of aryl methyl sites for hydroxylation is 1. The van der Waals surface area contributed by atoms with Crippen molar-refractivity contribution in [3.8, 4) is 0 Å². The number of hydrogen-bond acceptors (Lipinski definition) is 2. The molecule has 0 bridgehead atoms. The van der Waals surface area contributed by atoms with Crippen LogP contribution >= 0.6 is 27.5 Å². The molecule has 5 heteroatoms. The van der Waals surface area contributed by atoms with Crippen LogP contribution in [0.5, 0.6) is 0 Å². The van der Waals surface area contributed by atoms with E-state index in [2.05, 4.69) is 21.2 Å².